The van der Waals surface area contributed by atoms with E-state index >= 15 is 0 Å². The molecule has 3 saturated heterocycles. The molecular weight excluding hydrogens is 1050 g/mol. The van der Waals surface area contributed by atoms with Crippen LogP contribution in [0.5, 0.6) is 0 Å². The summed E-state index contributed by atoms with van der Waals surface area (Å²) in [5, 5.41) is 120. The summed E-state index contributed by atoms with van der Waals surface area (Å²) in [5.41, 5.74) is 0. The van der Waals surface area contributed by atoms with Crippen LogP contribution in [0.4, 0.5) is 0 Å². The van der Waals surface area contributed by atoms with E-state index in [0.29, 0.717) is 12.8 Å². The van der Waals surface area contributed by atoms with Crippen LogP contribution in [0.1, 0.15) is 245 Å². The molecule has 478 valence electrons. The molecule has 0 aromatic heterocycles. The van der Waals surface area contributed by atoms with E-state index in [-0.39, 0.29) is 18.9 Å². The number of amides is 1. The fourth-order valence-electron chi connectivity index (χ4n) is 11.3. The Morgan fingerprint density at radius 2 is 0.778 bits per heavy atom. The zero-order chi connectivity index (χ0) is 59.0. The van der Waals surface area contributed by atoms with E-state index in [2.05, 4.69) is 31.3 Å². The maximum absolute atomic E-state index is 13.3. The summed E-state index contributed by atoms with van der Waals surface area (Å²) < 4.78 is 34.2. The van der Waals surface area contributed by atoms with Gasteiger partial charge < -0.3 is 89.9 Å². The summed E-state index contributed by atoms with van der Waals surface area (Å²) in [5.74, 6) is -0.244. The third kappa shape index (κ3) is 29.2. The van der Waals surface area contributed by atoms with Crippen LogP contribution in [-0.4, -0.2) is 193 Å². The lowest BCUT2D eigenvalue weighted by atomic mass is 9.96. The predicted octanol–water partition coefficient (Wildman–Crippen LogP) is 6.94. The number of carbonyl (C=O) groups is 1. The summed E-state index contributed by atoms with van der Waals surface area (Å²) in [4.78, 5) is 13.3. The molecular formula is C62H117NO18. The van der Waals surface area contributed by atoms with Crippen LogP contribution in [0, 0.1) is 0 Å². The molecule has 81 heavy (non-hydrogen) atoms. The number of unbranched alkanes of at least 4 members (excludes halogenated alkanes) is 31. The largest absolute Gasteiger partial charge is 0.394 e. The first kappa shape index (κ1) is 73.8. The fraction of sp³-hybridized carbons (Fsp3) is 0.952. The highest BCUT2D eigenvalue weighted by Crippen LogP contribution is 2.33. The Labute approximate surface area is 486 Å². The van der Waals surface area contributed by atoms with Crippen molar-refractivity contribution in [2.75, 3.05) is 26.4 Å². The maximum Gasteiger partial charge on any atom is 0.220 e. The average molecular weight is 1160 g/mol. The summed E-state index contributed by atoms with van der Waals surface area (Å²) in [7, 11) is 0. The molecule has 0 bridgehead atoms. The molecule has 3 aliphatic rings. The molecule has 3 heterocycles. The van der Waals surface area contributed by atoms with Gasteiger partial charge in [0.1, 0.15) is 73.2 Å². The van der Waals surface area contributed by atoms with Gasteiger partial charge in [-0.3, -0.25) is 4.79 Å². The van der Waals surface area contributed by atoms with Gasteiger partial charge in [0.15, 0.2) is 18.9 Å². The van der Waals surface area contributed by atoms with Gasteiger partial charge in [-0.1, -0.05) is 212 Å². The average Bonchev–Trinajstić information content (AvgIpc) is 3.48. The van der Waals surface area contributed by atoms with E-state index in [1.54, 1.807) is 0 Å². The highest BCUT2D eigenvalue weighted by atomic mass is 16.8. The van der Waals surface area contributed by atoms with Gasteiger partial charge in [0.2, 0.25) is 5.91 Å². The Bertz CT molecular complexity index is 1530. The van der Waals surface area contributed by atoms with Crippen LogP contribution in [0.15, 0.2) is 12.2 Å². The van der Waals surface area contributed by atoms with Gasteiger partial charge in [0.05, 0.1) is 38.6 Å². The first-order valence-corrected chi connectivity index (χ1v) is 32.4. The predicted molar refractivity (Wildman–Crippen MR) is 310 cm³/mol. The third-order valence-corrected chi connectivity index (χ3v) is 16.6. The molecule has 0 aliphatic carbocycles. The van der Waals surface area contributed by atoms with Crippen LogP contribution < -0.4 is 5.32 Å². The number of rotatable bonds is 49. The van der Waals surface area contributed by atoms with Crippen LogP contribution in [0.25, 0.3) is 0 Å². The summed E-state index contributed by atoms with van der Waals surface area (Å²) in [6.07, 6.45) is 20.8. The monoisotopic (exact) mass is 1160 g/mol. The van der Waals surface area contributed by atoms with Gasteiger partial charge >= 0.3 is 0 Å². The highest BCUT2D eigenvalue weighted by Gasteiger charge is 2.53. The number of ether oxygens (including phenoxy) is 6. The minimum atomic E-state index is -1.97. The number of hydrogen-bond acceptors (Lipinski definition) is 18. The molecule has 3 rings (SSSR count). The quantitative estimate of drug-likeness (QED) is 0.0217. The standard InChI is InChI=1S/C62H117NO18/c1-3-5-7-9-11-12-13-14-15-16-17-18-19-20-21-22-23-24-25-26-27-28-29-30-31-32-34-36-38-40-50(68)63-45(46(67)39-37-35-33-10-8-6-4-2)44-76-60-56(74)53(71)58(48(42-65)78-60)81-62-57(75)54(72)59(49(43-66)79-62)80-61-55(73)52(70)51(69)47(41-64)77-61/h16-17,45-49,51-62,64-67,69-75H,3-15,18-44H2,1-2H3,(H,63,68)/b17-16-. The van der Waals surface area contributed by atoms with Crippen LogP contribution >= 0.6 is 0 Å². The Hall–Kier alpha value is -1.47. The molecule has 0 spiro atoms. The van der Waals surface area contributed by atoms with Crippen molar-refractivity contribution in [1.82, 2.24) is 5.32 Å². The molecule has 3 aliphatic heterocycles. The Morgan fingerprint density at radius 3 is 1.20 bits per heavy atom. The molecule has 0 radical (unpaired) electrons. The third-order valence-electron chi connectivity index (χ3n) is 16.6. The SMILES string of the molecule is CCCCCCCCCC/C=C\CCCCCCCCCCCCCCCCCCCC(=O)NC(COC1OC(CO)C(OC2OC(CO)C(OC3OC(CO)C(O)C(O)C3O)C(O)C2O)C(O)C1O)C(O)CCCCCCCCC. The second-order valence-electron chi connectivity index (χ2n) is 23.6. The molecule has 0 saturated carbocycles. The van der Waals surface area contributed by atoms with Gasteiger partial charge in [-0.25, -0.2) is 0 Å². The van der Waals surface area contributed by atoms with E-state index < -0.39 is 124 Å². The number of allylic oxidation sites excluding steroid dienone is 2. The van der Waals surface area contributed by atoms with Crippen molar-refractivity contribution in [3.63, 3.8) is 0 Å². The van der Waals surface area contributed by atoms with Gasteiger partial charge in [0, 0.05) is 6.42 Å². The molecule has 1 amide bonds. The van der Waals surface area contributed by atoms with Crippen LogP contribution in [-0.2, 0) is 33.2 Å². The molecule has 17 atom stereocenters. The van der Waals surface area contributed by atoms with E-state index in [9.17, 15) is 61.0 Å². The first-order valence-electron chi connectivity index (χ1n) is 32.4. The van der Waals surface area contributed by atoms with Crippen molar-refractivity contribution in [2.45, 2.75) is 349 Å². The molecule has 0 aromatic carbocycles. The number of hydrogen-bond donors (Lipinski definition) is 12. The zero-order valence-corrected chi connectivity index (χ0v) is 50.0. The van der Waals surface area contributed by atoms with Crippen molar-refractivity contribution in [1.29, 1.82) is 0 Å². The molecule has 17 unspecified atom stereocenters. The summed E-state index contributed by atoms with van der Waals surface area (Å²) in [6, 6.07) is -0.880. The first-order chi connectivity index (χ1) is 39.3. The zero-order valence-electron chi connectivity index (χ0n) is 50.0. The van der Waals surface area contributed by atoms with Crippen molar-refractivity contribution in [2.24, 2.45) is 0 Å². The van der Waals surface area contributed by atoms with Crippen molar-refractivity contribution in [3.8, 4) is 0 Å². The van der Waals surface area contributed by atoms with Crippen LogP contribution in [0.2, 0.25) is 0 Å². The Balaban J connectivity index is 1.33. The minimum Gasteiger partial charge on any atom is -0.394 e. The van der Waals surface area contributed by atoms with Crippen molar-refractivity contribution in [3.05, 3.63) is 12.2 Å². The molecule has 19 nitrogen and oxygen atoms in total. The van der Waals surface area contributed by atoms with Gasteiger partial charge in [-0.2, -0.15) is 0 Å². The van der Waals surface area contributed by atoms with Gasteiger partial charge in [-0.05, 0) is 38.5 Å². The molecule has 12 N–H and O–H groups in total. The number of aliphatic hydroxyl groups excluding tert-OH is 11. The molecule has 0 aromatic rings. The lowest BCUT2D eigenvalue weighted by Crippen LogP contribution is -2.66. The van der Waals surface area contributed by atoms with Gasteiger partial charge in [-0.15, -0.1) is 0 Å². The van der Waals surface area contributed by atoms with Gasteiger partial charge in [0.25, 0.3) is 0 Å². The van der Waals surface area contributed by atoms with E-state index in [4.69, 9.17) is 28.4 Å². The lowest BCUT2D eigenvalue weighted by Gasteiger charge is -2.48. The minimum absolute atomic E-state index is 0.244. The Kier molecular flexibility index (Phi) is 41.7. The fourth-order valence-corrected chi connectivity index (χ4v) is 11.3. The summed E-state index contributed by atoms with van der Waals surface area (Å²) in [6.45, 7) is 1.74. The summed E-state index contributed by atoms with van der Waals surface area (Å²) >= 11 is 0. The van der Waals surface area contributed by atoms with E-state index in [1.807, 2.05) is 0 Å². The number of carbonyl (C=O) groups excluding carboxylic acids is 1. The second-order valence-corrected chi connectivity index (χ2v) is 23.6. The molecule has 3 fully saturated rings. The Morgan fingerprint density at radius 1 is 0.432 bits per heavy atom. The number of aliphatic hydroxyl groups is 11. The molecule has 19 heteroatoms. The smallest absolute Gasteiger partial charge is 0.220 e. The van der Waals surface area contributed by atoms with Crippen molar-refractivity contribution >= 4 is 5.91 Å². The topological polar surface area (TPSA) is 307 Å². The van der Waals surface area contributed by atoms with Crippen molar-refractivity contribution < 1.29 is 89.4 Å². The second kappa shape index (κ2) is 45.8. The van der Waals surface area contributed by atoms with E-state index in [1.165, 1.54) is 154 Å². The normalized spacial score (nSPS) is 29.8. The lowest BCUT2D eigenvalue weighted by molar-refractivity contribution is -0.379. The maximum atomic E-state index is 13.3. The van der Waals surface area contributed by atoms with E-state index in [0.717, 1.165) is 57.8 Å². The number of nitrogens with one attached hydrogen (secondary N) is 1. The highest BCUT2D eigenvalue weighted by molar-refractivity contribution is 5.76. The van der Waals surface area contributed by atoms with Crippen LogP contribution in [0.3, 0.4) is 0 Å².